The van der Waals surface area contributed by atoms with E-state index in [1.54, 1.807) is 6.07 Å². The van der Waals surface area contributed by atoms with Crippen molar-refractivity contribution in [2.24, 2.45) is 5.92 Å². The zero-order chi connectivity index (χ0) is 14.9. The summed E-state index contributed by atoms with van der Waals surface area (Å²) in [6.07, 6.45) is 1.26. The first-order valence-electron chi connectivity index (χ1n) is 6.39. The molecule has 1 aliphatic heterocycles. The molecule has 1 saturated heterocycles. The number of aliphatic carboxylic acids is 1. The lowest BCUT2D eigenvalue weighted by molar-refractivity contribution is -0.144. The monoisotopic (exact) mass is 315 g/mol. The first-order valence-corrected chi connectivity index (χ1v) is 7.14. The van der Waals surface area contributed by atoms with Crippen LogP contribution in [0.3, 0.4) is 0 Å². The normalized spacial score (nSPS) is 22.6. The summed E-state index contributed by atoms with van der Waals surface area (Å²) in [7, 11) is 0. The van der Waals surface area contributed by atoms with E-state index in [1.165, 1.54) is 17.0 Å². The summed E-state index contributed by atoms with van der Waals surface area (Å²) in [4.78, 5) is 25.2. The number of likely N-dealkylation sites (tertiary alicyclic amines) is 1. The van der Waals surface area contributed by atoms with Crippen molar-refractivity contribution in [3.8, 4) is 0 Å². The van der Waals surface area contributed by atoms with Gasteiger partial charge in [-0.2, -0.15) is 0 Å². The Morgan fingerprint density at radius 3 is 2.65 bits per heavy atom. The summed E-state index contributed by atoms with van der Waals surface area (Å²) >= 11 is 11.8. The number of hydrogen-bond donors (Lipinski definition) is 1. The molecule has 20 heavy (non-hydrogen) atoms. The minimum absolute atomic E-state index is 0.241. The van der Waals surface area contributed by atoms with Crippen LogP contribution in [0.4, 0.5) is 0 Å². The topological polar surface area (TPSA) is 57.6 Å². The zero-order valence-corrected chi connectivity index (χ0v) is 12.5. The van der Waals surface area contributed by atoms with E-state index < -0.39 is 12.0 Å². The largest absolute Gasteiger partial charge is 0.480 e. The fourth-order valence-corrected chi connectivity index (χ4v) is 2.93. The van der Waals surface area contributed by atoms with Crippen molar-refractivity contribution in [2.45, 2.75) is 25.8 Å². The van der Waals surface area contributed by atoms with Crippen molar-refractivity contribution >= 4 is 35.1 Å². The number of rotatable bonds is 2. The average molecular weight is 316 g/mol. The summed E-state index contributed by atoms with van der Waals surface area (Å²) < 4.78 is 0. The highest BCUT2D eigenvalue weighted by atomic mass is 35.5. The van der Waals surface area contributed by atoms with Gasteiger partial charge in [-0.1, -0.05) is 30.1 Å². The second kappa shape index (κ2) is 6.02. The first kappa shape index (κ1) is 15.1. The lowest BCUT2D eigenvalue weighted by Gasteiger charge is -2.36. The lowest BCUT2D eigenvalue weighted by Crippen LogP contribution is -2.49. The molecule has 1 fully saturated rings. The highest BCUT2D eigenvalue weighted by Gasteiger charge is 2.35. The van der Waals surface area contributed by atoms with Gasteiger partial charge in [-0.25, -0.2) is 4.79 Å². The molecule has 0 aliphatic carbocycles. The van der Waals surface area contributed by atoms with Gasteiger partial charge in [-0.15, -0.1) is 0 Å². The quantitative estimate of drug-likeness (QED) is 0.910. The van der Waals surface area contributed by atoms with Crippen LogP contribution in [0, 0.1) is 5.92 Å². The summed E-state index contributed by atoms with van der Waals surface area (Å²) in [6, 6.07) is 3.80. The fourth-order valence-electron chi connectivity index (χ4n) is 2.44. The Morgan fingerprint density at radius 2 is 2.05 bits per heavy atom. The molecular weight excluding hydrogens is 301 g/mol. The van der Waals surface area contributed by atoms with Crippen LogP contribution in [0.2, 0.25) is 10.0 Å². The minimum atomic E-state index is -0.977. The SMILES string of the molecule is CC1CCN(C(=O)c2ccc(Cl)cc2Cl)C(C(=O)O)C1. The molecule has 1 amide bonds. The van der Waals surface area contributed by atoms with E-state index in [-0.39, 0.29) is 16.5 Å². The summed E-state index contributed by atoms with van der Waals surface area (Å²) in [5, 5.41) is 9.97. The van der Waals surface area contributed by atoms with E-state index in [4.69, 9.17) is 23.2 Å². The number of nitrogens with zero attached hydrogens (tertiary/aromatic N) is 1. The number of hydrogen-bond acceptors (Lipinski definition) is 2. The lowest BCUT2D eigenvalue weighted by atomic mass is 9.92. The van der Waals surface area contributed by atoms with Gasteiger partial charge in [-0.05, 0) is 37.0 Å². The Bertz CT molecular complexity index is 547. The summed E-state index contributed by atoms with van der Waals surface area (Å²) in [6.45, 7) is 2.42. The Balaban J connectivity index is 2.28. The van der Waals surface area contributed by atoms with Gasteiger partial charge in [0.2, 0.25) is 0 Å². The molecule has 2 rings (SSSR count). The molecule has 0 spiro atoms. The Morgan fingerprint density at radius 1 is 1.35 bits per heavy atom. The molecule has 1 N–H and O–H groups in total. The van der Waals surface area contributed by atoms with Gasteiger partial charge in [-0.3, -0.25) is 4.79 Å². The van der Waals surface area contributed by atoms with Crippen LogP contribution in [0.25, 0.3) is 0 Å². The minimum Gasteiger partial charge on any atom is -0.480 e. The number of carboxylic acids is 1. The first-order chi connectivity index (χ1) is 9.40. The zero-order valence-electron chi connectivity index (χ0n) is 11.0. The van der Waals surface area contributed by atoms with Gasteiger partial charge in [0.1, 0.15) is 6.04 Å². The molecule has 2 atom stereocenters. The van der Waals surface area contributed by atoms with E-state index in [0.29, 0.717) is 23.9 Å². The predicted molar refractivity (Wildman–Crippen MR) is 77.3 cm³/mol. The third kappa shape index (κ3) is 3.07. The molecule has 0 bridgehead atoms. The molecule has 6 heteroatoms. The van der Waals surface area contributed by atoms with Crippen LogP contribution in [-0.4, -0.2) is 34.5 Å². The Labute approximate surface area is 127 Å². The van der Waals surface area contributed by atoms with Crippen LogP contribution in [0.1, 0.15) is 30.1 Å². The Hall–Kier alpha value is -1.26. The second-order valence-electron chi connectivity index (χ2n) is 5.11. The molecule has 1 heterocycles. The van der Waals surface area contributed by atoms with Crippen molar-refractivity contribution in [1.82, 2.24) is 4.90 Å². The van der Waals surface area contributed by atoms with Crippen LogP contribution in [0.15, 0.2) is 18.2 Å². The maximum absolute atomic E-state index is 12.5. The van der Waals surface area contributed by atoms with Crippen LogP contribution in [0.5, 0.6) is 0 Å². The number of halogens is 2. The van der Waals surface area contributed by atoms with Crippen LogP contribution >= 0.6 is 23.2 Å². The highest BCUT2D eigenvalue weighted by Crippen LogP contribution is 2.27. The van der Waals surface area contributed by atoms with Crippen molar-refractivity contribution in [3.05, 3.63) is 33.8 Å². The summed E-state index contributed by atoms with van der Waals surface area (Å²) in [5.41, 5.74) is 0.289. The average Bonchev–Trinajstić information content (AvgIpc) is 2.37. The molecule has 2 unspecified atom stereocenters. The molecule has 1 aromatic carbocycles. The van der Waals surface area contributed by atoms with Crippen LogP contribution < -0.4 is 0 Å². The number of carbonyl (C=O) groups is 2. The van der Waals surface area contributed by atoms with E-state index in [1.807, 2.05) is 6.92 Å². The molecule has 108 valence electrons. The van der Waals surface area contributed by atoms with Crippen molar-refractivity contribution in [1.29, 1.82) is 0 Å². The molecule has 1 aliphatic rings. The van der Waals surface area contributed by atoms with Gasteiger partial charge in [0.05, 0.1) is 10.6 Å². The molecule has 0 radical (unpaired) electrons. The highest BCUT2D eigenvalue weighted by molar-refractivity contribution is 6.36. The molecule has 1 aromatic rings. The van der Waals surface area contributed by atoms with Crippen LogP contribution in [-0.2, 0) is 4.79 Å². The Kier molecular flexibility index (Phi) is 4.55. The van der Waals surface area contributed by atoms with Crippen molar-refractivity contribution in [2.75, 3.05) is 6.54 Å². The van der Waals surface area contributed by atoms with E-state index in [2.05, 4.69) is 0 Å². The van der Waals surface area contributed by atoms with E-state index in [9.17, 15) is 14.7 Å². The van der Waals surface area contributed by atoms with E-state index >= 15 is 0 Å². The maximum atomic E-state index is 12.5. The van der Waals surface area contributed by atoms with Crippen molar-refractivity contribution < 1.29 is 14.7 Å². The fraction of sp³-hybridized carbons (Fsp3) is 0.429. The van der Waals surface area contributed by atoms with E-state index in [0.717, 1.165) is 6.42 Å². The second-order valence-corrected chi connectivity index (χ2v) is 5.95. The number of amides is 1. The van der Waals surface area contributed by atoms with Gasteiger partial charge in [0, 0.05) is 11.6 Å². The third-order valence-electron chi connectivity index (χ3n) is 3.57. The van der Waals surface area contributed by atoms with Gasteiger partial charge in [0.15, 0.2) is 0 Å². The third-order valence-corrected chi connectivity index (χ3v) is 4.12. The molecular formula is C14H15Cl2NO3. The predicted octanol–water partition coefficient (Wildman–Crippen LogP) is 3.32. The van der Waals surface area contributed by atoms with Crippen molar-refractivity contribution in [3.63, 3.8) is 0 Å². The van der Waals surface area contributed by atoms with Gasteiger partial charge < -0.3 is 10.0 Å². The standard InChI is InChI=1S/C14H15Cl2NO3/c1-8-4-5-17(12(6-8)14(19)20)13(18)10-3-2-9(15)7-11(10)16/h2-3,7-8,12H,4-6H2,1H3,(H,19,20). The van der Waals surface area contributed by atoms with Gasteiger partial charge >= 0.3 is 5.97 Å². The number of benzene rings is 1. The number of carboxylic acid groups (broad SMARTS) is 1. The molecule has 0 aromatic heterocycles. The smallest absolute Gasteiger partial charge is 0.326 e. The maximum Gasteiger partial charge on any atom is 0.326 e. The van der Waals surface area contributed by atoms with Gasteiger partial charge in [0.25, 0.3) is 5.91 Å². The molecule has 0 saturated carbocycles. The summed E-state index contributed by atoms with van der Waals surface area (Å²) in [5.74, 6) is -1.04. The number of piperidine rings is 1. The number of carbonyl (C=O) groups excluding carboxylic acids is 1. The molecule has 4 nitrogen and oxygen atoms in total.